The Bertz CT molecular complexity index is 674. The standard InChI is InChI=1S/C20H29N3O3/c1-13(2)8-19(24)22-17-7-5-15(10-18(17)26-3)21-20(25)12-23-11-14-4-6-16(23)9-14/h5,7,10,13-14,16H,4,6,8-9,11-12H2,1-3H3,(H,21,25)(H,22,24)/t14-,16-/m1/s1. The Hall–Kier alpha value is -2.08. The summed E-state index contributed by atoms with van der Waals surface area (Å²) in [5.74, 6) is 1.57. The third-order valence-electron chi connectivity index (χ3n) is 5.22. The quantitative estimate of drug-likeness (QED) is 0.785. The molecule has 1 saturated heterocycles. The molecular weight excluding hydrogens is 330 g/mol. The molecule has 2 N–H and O–H groups in total. The van der Waals surface area contributed by atoms with Gasteiger partial charge in [-0.2, -0.15) is 0 Å². The molecule has 0 radical (unpaired) electrons. The van der Waals surface area contributed by atoms with Gasteiger partial charge in [-0.25, -0.2) is 0 Å². The molecule has 3 rings (SSSR count). The zero-order chi connectivity index (χ0) is 18.7. The van der Waals surface area contributed by atoms with Gasteiger partial charge in [-0.3, -0.25) is 14.5 Å². The lowest BCUT2D eigenvalue weighted by molar-refractivity contribution is -0.118. The molecule has 1 aromatic carbocycles. The number of anilines is 2. The summed E-state index contributed by atoms with van der Waals surface area (Å²) in [4.78, 5) is 26.6. The van der Waals surface area contributed by atoms with Crippen LogP contribution in [0.3, 0.4) is 0 Å². The average molecular weight is 359 g/mol. The lowest BCUT2D eigenvalue weighted by Crippen LogP contribution is -2.38. The number of piperidine rings is 1. The number of rotatable bonds is 7. The average Bonchev–Trinajstić information content (AvgIpc) is 3.18. The highest BCUT2D eigenvalue weighted by atomic mass is 16.5. The number of hydrogen-bond acceptors (Lipinski definition) is 4. The highest BCUT2D eigenvalue weighted by molar-refractivity contribution is 5.95. The van der Waals surface area contributed by atoms with Crippen LogP contribution in [0.1, 0.15) is 39.5 Å². The minimum atomic E-state index is -0.0424. The first kappa shape index (κ1) is 18.7. The molecule has 1 heterocycles. The number of nitrogens with zero attached hydrogens (tertiary/aromatic N) is 1. The third kappa shape index (κ3) is 4.55. The molecule has 0 spiro atoms. The third-order valence-corrected chi connectivity index (χ3v) is 5.22. The van der Waals surface area contributed by atoms with E-state index in [-0.39, 0.29) is 11.8 Å². The topological polar surface area (TPSA) is 70.7 Å². The van der Waals surface area contributed by atoms with Gasteiger partial charge in [-0.05, 0) is 43.2 Å². The van der Waals surface area contributed by atoms with Crippen LogP contribution in [-0.4, -0.2) is 43.0 Å². The first-order valence-corrected chi connectivity index (χ1v) is 9.46. The zero-order valence-corrected chi connectivity index (χ0v) is 15.9. The van der Waals surface area contributed by atoms with Crippen molar-refractivity contribution in [1.29, 1.82) is 0 Å². The molecule has 0 unspecified atom stereocenters. The number of ether oxygens (including phenoxy) is 1. The number of likely N-dealkylation sites (tertiary alicyclic amines) is 1. The number of hydrogen-bond donors (Lipinski definition) is 2. The second-order valence-electron chi connectivity index (χ2n) is 7.87. The molecule has 0 aromatic heterocycles. The number of methoxy groups -OCH3 is 1. The van der Waals surface area contributed by atoms with E-state index in [1.807, 2.05) is 13.8 Å². The van der Waals surface area contributed by atoms with Gasteiger partial charge in [0.15, 0.2) is 0 Å². The summed E-state index contributed by atoms with van der Waals surface area (Å²) in [6, 6.07) is 5.89. The van der Waals surface area contributed by atoms with E-state index < -0.39 is 0 Å². The molecule has 2 atom stereocenters. The zero-order valence-electron chi connectivity index (χ0n) is 15.9. The Balaban J connectivity index is 1.58. The van der Waals surface area contributed by atoms with Gasteiger partial charge in [-0.1, -0.05) is 13.8 Å². The maximum atomic E-state index is 12.4. The lowest BCUT2D eigenvalue weighted by atomic mass is 10.1. The van der Waals surface area contributed by atoms with Crippen molar-refractivity contribution < 1.29 is 14.3 Å². The van der Waals surface area contributed by atoms with Crippen LogP contribution in [0.25, 0.3) is 0 Å². The molecule has 1 aliphatic carbocycles. The van der Waals surface area contributed by atoms with E-state index in [4.69, 9.17) is 4.74 Å². The summed E-state index contributed by atoms with van der Waals surface area (Å²) in [6.45, 7) is 5.49. The van der Waals surface area contributed by atoms with Crippen molar-refractivity contribution in [3.8, 4) is 5.75 Å². The van der Waals surface area contributed by atoms with Crippen LogP contribution in [0.5, 0.6) is 5.75 Å². The Morgan fingerprint density at radius 3 is 2.65 bits per heavy atom. The number of carbonyl (C=O) groups excluding carboxylic acids is 2. The summed E-state index contributed by atoms with van der Waals surface area (Å²) in [5.41, 5.74) is 1.30. The fourth-order valence-electron chi connectivity index (χ4n) is 4.05. The smallest absolute Gasteiger partial charge is 0.238 e. The van der Waals surface area contributed by atoms with Gasteiger partial charge in [0.2, 0.25) is 11.8 Å². The monoisotopic (exact) mass is 359 g/mol. The van der Waals surface area contributed by atoms with Gasteiger partial charge in [0.05, 0.1) is 19.3 Å². The van der Waals surface area contributed by atoms with Crippen LogP contribution >= 0.6 is 0 Å². The van der Waals surface area contributed by atoms with Gasteiger partial charge in [0.25, 0.3) is 0 Å². The van der Waals surface area contributed by atoms with E-state index in [1.54, 1.807) is 25.3 Å². The van der Waals surface area contributed by atoms with Crippen LogP contribution in [-0.2, 0) is 9.59 Å². The van der Waals surface area contributed by atoms with E-state index in [1.165, 1.54) is 19.3 Å². The van der Waals surface area contributed by atoms with Gasteiger partial charge < -0.3 is 15.4 Å². The van der Waals surface area contributed by atoms with E-state index in [0.717, 1.165) is 12.5 Å². The predicted octanol–water partition coefficient (Wildman–Crippen LogP) is 3.10. The number of nitrogens with one attached hydrogen (secondary N) is 2. The molecule has 2 fully saturated rings. The van der Waals surface area contributed by atoms with E-state index >= 15 is 0 Å². The fraction of sp³-hybridized carbons (Fsp3) is 0.600. The van der Waals surface area contributed by atoms with E-state index in [9.17, 15) is 9.59 Å². The first-order chi connectivity index (χ1) is 12.4. The maximum Gasteiger partial charge on any atom is 0.238 e. The van der Waals surface area contributed by atoms with Crippen molar-refractivity contribution in [2.45, 2.75) is 45.6 Å². The Labute approximate surface area is 155 Å². The van der Waals surface area contributed by atoms with Gasteiger partial charge >= 0.3 is 0 Å². The highest BCUT2D eigenvalue weighted by Gasteiger charge is 2.38. The summed E-state index contributed by atoms with van der Waals surface area (Å²) < 4.78 is 5.37. The molecular formula is C20H29N3O3. The van der Waals surface area contributed by atoms with Crippen molar-refractivity contribution >= 4 is 23.2 Å². The summed E-state index contributed by atoms with van der Waals surface area (Å²) in [6.07, 6.45) is 4.23. The van der Waals surface area contributed by atoms with Crippen molar-refractivity contribution in [3.63, 3.8) is 0 Å². The number of amides is 2. The van der Waals surface area contributed by atoms with Gasteiger partial charge in [0.1, 0.15) is 5.75 Å². The fourth-order valence-corrected chi connectivity index (χ4v) is 4.05. The minimum absolute atomic E-state index is 0.00352. The number of carbonyl (C=O) groups is 2. The molecule has 2 aliphatic rings. The first-order valence-electron chi connectivity index (χ1n) is 9.46. The number of fused-ring (bicyclic) bond motifs is 2. The molecule has 6 nitrogen and oxygen atoms in total. The molecule has 2 amide bonds. The Morgan fingerprint density at radius 1 is 1.23 bits per heavy atom. The van der Waals surface area contributed by atoms with Gasteiger partial charge in [-0.15, -0.1) is 0 Å². The van der Waals surface area contributed by atoms with Crippen LogP contribution in [0.4, 0.5) is 11.4 Å². The molecule has 1 saturated carbocycles. The van der Waals surface area contributed by atoms with Crippen LogP contribution < -0.4 is 15.4 Å². The Morgan fingerprint density at radius 2 is 2.04 bits per heavy atom. The van der Waals surface area contributed by atoms with Crippen LogP contribution in [0.15, 0.2) is 18.2 Å². The second kappa shape index (κ2) is 8.08. The number of benzene rings is 1. The van der Waals surface area contributed by atoms with Crippen molar-refractivity contribution in [2.24, 2.45) is 11.8 Å². The summed E-state index contributed by atoms with van der Waals surface area (Å²) >= 11 is 0. The van der Waals surface area contributed by atoms with Crippen LogP contribution in [0.2, 0.25) is 0 Å². The molecule has 1 aromatic rings. The highest BCUT2D eigenvalue weighted by Crippen LogP contribution is 2.37. The normalized spacial score (nSPS) is 21.8. The molecule has 1 aliphatic heterocycles. The SMILES string of the molecule is COc1cc(NC(=O)CN2C[C@@H]3CC[C@@H]2C3)ccc1NC(=O)CC(C)C. The van der Waals surface area contributed by atoms with E-state index in [2.05, 4.69) is 15.5 Å². The maximum absolute atomic E-state index is 12.4. The minimum Gasteiger partial charge on any atom is -0.494 e. The molecule has 142 valence electrons. The molecule has 6 heteroatoms. The largest absolute Gasteiger partial charge is 0.494 e. The summed E-state index contributed by atoms with van der Waals surface area (Å²) in [5, 5.41) is 5.81. The van der Waals surface area contributed by atoms with Crippen molar-refractivity contribution in [2.75, 3.05) is 30.8 Å². The second-order valence-corrected chi connectivity index (χ2v) is 7.87. The van der Waals surface area contributed by atoms with Crippen LogP contribution in [0, 0.1) is 11.8 Å². The lowest BCUT2D eigenvalue weighted by Gasteiger charge is -2.25. The predicted molar refractivity (Wildman–Crippen MR) is 102 cm³/mol. The van der Waals surface area contributed by atoms with E-state index in [0.29, 0.717) is 42.0 Å². The molecule has 26 heavy (non-hydrogen) atoms. The molecule has 2 bridgehead atoms. The summed E-state index contributed by atoms with van der Waals surface area (Å²) in [7, 11) is 1.56. The van der Waals surface area contributed by atoms with Crippen molar-refractivity contribution in [3.05, 3.63) is 18.2 Å². The van der Waals surface area contributed by atoms with Gasteiger partial charge in [0, 0.05) is 30.8 Å². The van der Waals surface area contributed by atoms with Crippen molar-refractivity contribution in [1.82, 2.24) is 4.90 Å². The Kier molecular flexibility index (Phi) is 5.81.